The lowest BCUT2D eigenvalue weighted by atomic mass is 10.0. The van der Waals surface area contributed by atoms with Crippen LogP contribution in [-0.4, -0.2) is 12.0 Å². The lowest BCUT2D eigenvalue weighted by molar-refractivity contribution is 1.07. The smallest absolute Gasteiger partial charge is 0.0912 e. The average molecular weight is 249 g/mol. The highest BCUT2D eigenvalue weighted by molar-refractivity contribution is 6.35. The van der Waals surface area contributed by atoms with Gasteiger partial charge in [0.2, 0.25) is 0 Å². The summed E-state index contributed by atoms with van der Waals surface area (Å²) in [6, 6.07) is 4.10. The molecule has 0 aliphatic heterocycles. The maximum absolute atomic E-state index is 6.27. The molecule has 1 aromatic carbocycles. The summed E-state index contributed by atoms with van der Waals surface area (Å²) in [5.41, 5.74) is 5.51. The summed E-state index contributed by atoms with van der Waals surface area (Å²) < 4.78 is 0. The minimum atomic E-state index is 0.724. The van der Waals surface area contributed by atoms with Crippen LogP contribution in [0.5, 0.6) is 0 Å². The van der Waals surface area contributed by atoms with E-state index in [1.54, 1.807) is 0 Å². The Kier molecular flexibility index (Phi) is 3.25. The van der Waals surface area contributed by atoms with Gasteiger partial charge in [-0.25, -0.2) is 0 Å². The predicted molar refractivity (Wildman–Crippen MR) is 75.2 cm³/mol. The maximum atomic E-state index is 6.27. The van der Waals surface area contributed by atoms with Gasteiger partial charge in [-0.05, 0) is 43.5 Å². The molecule has 0 fully saturated rings. The van der Waals surface area contributed by atoms with Crippen molar-refractivity contribution in [3.63, 3.8) is 0 Å². The number of pyridine rings is 1. The third kappa shape index (κ3) is 1.98. The Morgan fingerprint density at radius 1 is 1.29 bits per heavy atom. The van der Waals surface area contributed by atoms with Gasteiger partial charge in [0.1, 0.15) is 0 Å². The SMILES string of the molecule is CCc1c(C)nc2c(Cl)cc(C)cc2c1NC. The molecule has 1 N–H and O–H groups in total. The first-order valence-corrected chi connectivity index (χ1v) is 6.23. The zero-order chi connectivity index (χ0) is 12.6. The van der Waals surface area contributed by atoms with E-state index in [1.165, 1.54) is 5.56 Å². The number of nitrogens with one attached hydrogen (secondary N) is 1. The average Bonchev–Trinajstić information content (AvgIpc) is 2.28. The summed E-state index contributed by atoms with van der Waals surface area (Å²) in [5, 5.41) is 5.12. The van der Waals surface area contributed by atoms with E-state index >= 15 is 0 Å². The van der Waals surface area contributed by atoms with E-state index in [2.05, 4.69) is 30.2 Å². The van der Waals surface area contributed by atoms with Crippen molar-refractivity contribution < 1.29 is 0 Å². The fourth-order valence-corrected chi connectivity index (χ4v) is 2.65. The first-order chi connectivity index (χ1) is 8.08. The van der Waals surface area contributed by atoms with Crippen LogP contribution in [0.25, 0.3) is 10.9 Å². The molecule has 2 nitrogen and oxygen atoms in total. The van der Waals surface area contributed by atoms with Gasteiger partial charge in [-0.15, -0.1) is 0 Å². The van der Waals surface area contributed by atoms with E-state index in [1.807, 2.05) is 20.0 Å². The molecule has 2 rings (SSSR count). The minimum absolute atomic E-state index is 0.724. The van der Waals surface area contributed by atoms with E-state index in [-0.39, 0.29) is 0 Å². The Bertz CT molecular complexity index is 576. The molecular formula is C14H17ClN2. The van der Waals surface area contributed by atoms with Gasteiger partial charge in [0.25, 0.3) is 0 Å². The maximum Gasteiger partial charge on any atom is 0.0912 e. The molecular weight excluding hydrogens is 232 g/mol. The summed E-state index contributed by atoms with van der Waals surface area (Å²) in [6.45, 7) is 6.24. The van der Waals surface area contributed by atoms with E-state index < -0.39 is 0 Å². The highest BCUT2D eigenvalue weighted by Gasteiger charge is 2.12. The number of hydrogen-bond acceptors (Lipinski definition) is 2. The Morgan fingerprint density at radius 3 is 2.59 bits per heavy atom. The zero-order valence-electron chi connectivity index (χ0n) is 10.7. The molecule has 0 radical (unpaired) electrons. The van der Waals surface area contributed by atoms with Crippen LogP contribution in [0, 0.1) is 13.8 Å². The quantitative estimate of drug-likeness (QED) is 0.865. The zero-order valence-corrected chi connectivity index (χ0v) is 11.4. The predicted octanol–water partition coefficient (Wildman–Crippen LogP) is 4.11. The molecule has 0 spiro atoms. The number of fused-ring (bicyclic) bond motifs is 1. The number of rotatable bonds is 2. The Hall–Kier alpha value is -1.28. The van der Waals surface area contributed by atoms with Crippen LogP contribution in [0.1, 0.15) is 23.7 Å². The van der Waals surface area contributed by atoms with Crippen molar-refractivity contribution in [3.05, 3.63) is 34.0 Å². The molecule has 3 heteroatoms. The highest BCUT2D eigenvalue weighted by Crippen LogP contribution is 2.33. The van der Waals surface area contributed by atoms with Gasteiger partial charge in [0.15, 0.2) is 0 Å². The molecule has 2 aromatic rings. The summed E-state index contributed by atoms with van der Waals surface area (Å²) >= 11 is 6.27. The molecule has 0 aliphatic rings. The van der Waals surface area contributed by atoms with Gasteiger partial charge in [-0.2, -0.15) is 0 Å². The second-order valence-corrected chi connectivity index (χ2v) is 4.70. The van der Waals surface area contributed by atoms with Gasteiger partial charge in [0, 0.05) is 23.8 Å². The van der Waals surface area contributed by atoms with Crippen LogP contribution in [-0.2, 0) is 6.42 Å². The van der Waals surface area contributed by atoms with Crippen molar-refractivity contribution in [1.29, 1.82) is 0 Å². The first-order valence-electron chi connectivity index (χ1n) is 5.85. The van der Waals surface area contributed by atoms with Crippen molar-refractivity contribution in [3.8, 4) is 0 Å². The van der Waals surface area contributed by atoms with E-state index in [0.717, 1.165) is 39.3 Å². The second-order valence-electron chi connectivity index (χ2n) is 4.30. The number of benzene rings is 1. The second kappa shape index (κ2) is 4.53. The van der Waals surface area contributed by atoms with Gasteiger partial charge >= 0.3 is 0 Å². The third-order valence-electron chi connectivity index (χ3n) is 3.10. The summed E-state index contributed by atoms with van der Waals surface area (Å²) in [5.74, 6) is 0. The van der Waals surface area contributed by atoms with Crippen molar-refractivity contribution >= 4 is 28.2 Å². The Morgan fingerprint density at radius 2 is 2.00 bits per heavy atom. The van der Waals surface area contributed by atoms with Crippen LogP contribution >= 0.6 is 11.6 Å². The van der Waals surface area contributed by atoms with Gasteiger partial charge in [0.05, 0.1) is 10.5 Å². The molecule has 0 amide bonds. The number of nitrogens with zero attached hydrogens (tertiary/aromatic N) is 1. The standard InChI is InChI=1S/C14H17ClN2/c1-5-10-9(3)17-14-11(13(10)16-4)6-8(2)7-12(14)15/h6-7H,5H2,1-4H3,(H,16,17). The first kappa shape index (κ1) is 12.2. The molecule has 0 saturated heterocycles. The molecule has 0 atom stereocenters. The fraction of sp³-hybridized carbons (Fsp3) is 0.357. The van der Waals surface area contributed by atoms with Gasteiger partial charge in [-0.1, -0.05) is 18.5 Å². The molecule has 17 heavy (non-hydrogen) atoms. The monoisotopic (exact) mass is 248 g/mol. The molecule has 0 bridgehead atoms. The molecule has 0 aliphatic carbocycles. The van der Waals surface area contributed by atoms with Crippen molar-refractivity contribution in [2.45, 2.75) is 27.2 Å². The largest absolute Gasteiger partial charge is 0.387 e. The summed E-state index contributed by atoms with van der Waals surface area (Å²) in [7, 11) is 1.95. The number of hydrogen-bond donors (Lipinski definition) is 1. The number of anilines is 1. The highest BCUT2D eigenvalue weighted by atomic mass is 35.5. The van der Waals surface area contributed by atoms with Gasteiger partial charge < -0.3 is 5.32 Å². The minimum Gasteiger partial charge on any atom is -0.387 e. The Balaban J connectivity index is 2.93. The molecule has 0 unspecified atom stereocenters. The third-order valence-corrected chi connectivity index (χ3v) is 3.39. The fourth-order valence-electron chi connectivity index (χ4n) is 2.34. The molecule has 1 aromatic heterocycles. The number of aromatic nitrogens is 1. The summed E-state index contributed by atoms with van der Waals surface area (Å²) in [4.78, 5) is 4.62. The Labute approximate surface area is 107 Å². The lowest BCUT2D eigenvalue weighted by Crippen LogP contribution is -2.01. The van der Waals surface area contributed by atoms with Crippen LogP contribution in [0.3, 0.4) is 0 Å². The van der Waals surface area contributed by atoms with E-state index in [0.29, 0.717) is 0 Å². The summed E-state index contributed by atoms with van der Waals surface area (Å²) in [6.07, 6.45) is 0.969. The van der Waals surface area contributed by atoms with Crippen LogP contribution in [0.15, 0.2) is 12.1 Å². The van der Waals surface area contributed by atoms with Crippen molar-refractivity contribution in [1.82, 2.24) is 4.98 Å². The molecule has 90 valence electrons. The van der Waals surface area contributed by atoms with E-state index in [4.69, 9.17) is 11.6 Å². The lowest BCUT2D eigenvalue weighted by Gasteiger charge is -2.15. The van der Waals surface area contributed by atoms with Crippen LogP contribution < -0.4 is 5.32 Å². The van der Waals surface area contributed by atoms with Crippen LogP contribution in [0.2, 0.25) is 5.02 Å². The normalized spacial score (nSPS) is 10.9. The molecule has 0 saturated carbocycles. The topological polar surface area (TPSA) is 24.9 Å². The van der Waals surface area contributed by atoms with Crippen molar-refractivity contribution in [2.75, 3.05) is 12.4 Å². The van der Waals surface area contributed by atoms with Gasteiger partial charge in [-0.3, -0.25) is 4.98 Å². The molecule has 1 heterocycles. The van der Waals surface area contributed by atoms with Crippen molar-refractivity contribution in [2.24, 2.45) is 0 Å². The van der Waals surface area contributed by atoms with Crippen LogP contribution in [0.4, 0.5) is 5.69 Å². The van der Waals surface area contributed by atoms with E-state index in [9.17, 15) is 0 Å². The number of halogens is 1. The number of aryl methyl sites for hydroxylation is 2.